The summed E-state index contributed by atoms with van der Waals surface area (Å²) >= 11 is 13.9. The molecule has 0 aliphatic heterocycles. The lowest BCUT2D eigenvalue weighted by molar-refractivity contribution is -0.121. The van der Waals surface area contributed by atoms with E-state index in [4.69, 9.17) is 23.2 Å². The zero-order valence-corrected chi connectivity index (χ0v) is 15.7. The Morgan fingerprint density at radius 3 is 2.64 bits per heavy atom. The summed E-state index contributed by atoms with van der Waals surface area (Å²) in [5.74, 6) is -0.0366. The lowest BCUT2D eigenvalue weighted by Crippen LogP contribution is -2.23. The van der Waals surface area contributed by atoms with Crippen molar-refractivity contribution in [1.82, 2.24) is 10.3 Å². The number of aromatic nitrogens is 1. The molecule has 1 amide bonds. The first-order valence-corrected chi connectivity index (χ1v) is 9.45. The predicted molar refractivity (Wildman–Crippen MR) is 104 cm³/mol. The van der Waals surface area contributed by atoms with Crippen LogP contribution in [-0.4, -0.2) is 10.9 Å². The second kappa shape index (κ2) is 8.48. The van der Waals surface area contributed by atoms with E-state index < -0.39 is 0 Å². The Labute approximate surface area is 160 Å². The van der Waals surface area contributed by atoms with Gasteiger partial charge in [0.2, 0.25) is 5.91 Å². The van der Waals surface area contributed by atoms with Crippen LogP contribution >= 0.6 is 34.5 Å². The maximum atomic E-state index is 12.1. The highest BCUT2D eigenvalue weighted by atomic mass is 35.5. The van der Waals surface area contributed by atoms with Gasteiger partial charge in [0, 0.05) is 29.2 Å². The minimum atomic E-state index is -0.0366. The molecule has 0 aliphatic carbocycles. The van der Waals surface area contributed by atoms with Crippen LogP contribution in [0.2, 0.25) is 10.0 Å². The molecule has 128 valence electrons. The van der Waals surface area contributed by atoms with Crippen molar-refractivity contribution < 1.29 is 4.79 Å². The van der Waals surface area contributed by atoms with Gasteiger partial charge < -0.3 is 5.32 Å². The number of pyridine rings is 1. The fourth-order valence-electron chi connectivity index (χ4n) is 2.44. The van der Waals surface area contributed by atoms with Crippen LogP contribution in [0, 0.1) is 0 Å². The average molecular weight is 391 g/mol. The maximum absolute atomic E-state index is 12.1. The maximum Gasteiger partial charge on any atom is 0.220 e. The van der Waals surface area contributed by atoms with E-state index >= 15 is 0 Å². The molecule has 0 unspecified atom stereocenters. The number of carbonyl (C=O) groups is 1. The van der Waals surface area contributed by atoms with Gasteiger partial charge in [-0.3, -0.25) is 9.78 Å². The first-order valence-electron chi connectivity index (χ1n) is 7.82. The van der Waals surface area contributed by atoms with Gasteiger partial charge in [0.25, 0.3) is 0 Å². The van der Waals surface area contributed by atoms with Gasteiger partial charge in [-0.25, -0.2) is 0 Å². The Morgan fingerprint density at radius 2 is 1.92 bits per heavy atom. The Bertz CT molecular complexity index is 845. The number of nitrogens with zero attached hydrogens (tertiary/aromatic N) is 1. The molecular formula is C19H16Cl2N2OS. The number of nitrogens with one attached hydrogen (secondary N) is 1. The molecule has 0 saturated heterocycles. The van der Waals surface area contributed by atoms with Crippen molar-refractivity contribution in [2.45, 2.75) is 19.4 Å². The largest absolute Gasteiger partial charge is 0.352 e. The topological polar surface area (TPSA) is 42.0 Å². The van der Waals surface area contributed by atoms with Crippen molar-refractivity contribution in [1.29, 1.82) is 0 Å². The number of rotatable bonds is 6. The van der Waals surface area contributed by atoms with Crippen molar-refractivity contribution in [3.8, 4) is 10.6 Å². The molecule has 0 fully saturated rings. The van der Waals surface area contributed by atoms with Crippen LogP contribution in [0.1, 0.15) is 17.5 Å². The molecular weight excluding hydrogens is 375 g/mol. The summed E-state index contributed by atoms with van der Waals surface area (Å²) in [7, 11) is 0. The SMILES string of the molecule is O=C(CCc1c(Cl)cccc1Cl)NCc1ccnc(-c2cccs2)c1. The molecule has 0 bridgehead atoms. The van der Waals surface area contributed by atoms with Crippen LogP contribution < -0.4 is 5.32 Å². The Hall–Kier alpha value is -1.88. The standard InChI is InChI=1S/C19H16Cl2N2OS/c20-15-3-1-4-16(21)14(15)6-7-19(24)23-12-13-8-9-22-17(11-13)18-5-2-10-25-18/h1-5,8-11H,6-7,12H2,(H,23,24). The molecule has 6 heteroatoms. The van der Waals surface area contributed by atoms with E-state index in [0.717, 1.165) is 21.7 Å². The summed E-state index contributed by atoms with van der Waals surface area (Å²) in [6, 6.07) is 13.3. The number of thiophene rings is 1. The molecule has 2 aromatic heterocycles. The van der Waals surface area contributed by atoms with Gasteiger partial charge >= 0.3 is 0 Å². The van der Waals surface area contributed by atoms with Crippen LogP contribution in [0.5, 0.6) is 0 Å². The van der Waals surface area contributed by atoms with Gasteiger partial charge in [-0.1, -0.05) is 35.3 Å². The van der Waals surface area contributed by atoms with E-state index in [9.17, 15) is 4.79 Å². The van der Waals surface area contributed by atoms with Crippen LogP contribution in [0.25, 0.3) is 10.6 Å². The Kier molecular flexibility index (Phi) is 6.08. The van der Waals surface area contributed by atoms with Crippen LogP contribution in [0.3, 0.4) is 0 Å². The van der Waals surface area contributed by atoms with Gasteiger partial charge in [0.05, 0.1) is 10.6 Å². The van der Waals surface area contributed by atoms with E-state index in [1.54, 1.807) is 35.7 Å². The van der Waals surface area contributed by atoms with Gasteiger partial charge in [-0.05, 0) is 53.3 Å². The lowest BCUT2D eigenvalue weighted by atomic mass is 10.1. The monoisotopic (exact) mass is 390 g/mol. The fraction of sp³-hybridized carbons (Fsp3) is 0.158. The highest BCUT2D eigenvalue weighted by molar-refractivity contribution is 7.13. The summed E-state index contributed by atoms with van der Waals surface area (Å²) in [5, 5.41) is 6.14. The van der Waals surface area contributed by atoms with Crippen LogP contribution in [0.4, 0.5) is 0 Å². The molecule has 25 heavy (non-hydrogen) atoms. The van der Waals surface area contributed by atoms with Gasteiger partial charge in [-0.2, -0.15) is 0 Å². The van der Waals surface area contributed by atoms with E-state index in [2.05, 4.69) is 10.3 Å². The summed E-state index contributed by atoms with van der Waals surface area (Å²) in [5.41, 5.74) is 2.75. The number of hydrogen-bond acceptors (Lipinski definition) is 3. The molecule has 1 N–H and O–H groups in total. The third-order valence-electron chi connectivity index (χ3n) is 3.75. The smallest absolute Gasteiger partial charge is 0.220 e. The number of hydrogen-bond donors (Lipinski definition) is 1. The van der Waals surface area contributed by atoms with Gasteiger partial charge in [0.15, 0.2) is 0 Å². The van der Waals surface area contributed by atoms with Crippen LogP contribution in [0.15, 0.2) is 54.0 Å². The molecule has 0 atom stereocenters. The van der Waals surface area contributed by atoms with Gasteiger partial charge in [-0.15, -0.1) is 11.3 Å². The van der Waals surface area contributed by atoms with Crippen molar-refractivity contribution in [3.63, 3.8) is 0 Å². The zero-order chi connectivity index (χ0) is 17.6. The normalized spacial score (nSPS) is 10.6. The molecule has 0 aliphatic rings. The number of carbonyl (C=O) groups excluding carboxylic acids is 1. The molecule has 1 aromatic carbocycles. The highest BCUT2D eigenvalue weighted by Crippen LogP contribution is 2.25. The number of halogens is 2. The molecule has 0 saturated carbocycles. The zero-order valence-electron chi connectivity index (χ0n) is 13.3. The molecule has 2 heterocycles. The van der Waals surface area contributed by atoms with Crippen molar-refractivity contribution in [3.05, 3.63) is 75.2 Å². The minimum Gasteiger partial charge on any atom is -0.352 e. The molecule has 0 spiro atoms. The van der Waals surface area contributed by atoms with Crippen molar-refractivity contribution in [2.75, 3.05) is 0 Å². The molecule has 0 radical (unpaired) electrons. The van der Waals surface area contributed by atoms with E-state index in [-0.39, 0.29) is 5.91 Å². The van der Waals surface area contributed by atoms with E-state index in [1.807, 2.05) is 29.6 Å². The Morgan fingerprint density at radius 1 is 1.12 bits per heavy atom. The molecule has 3 rings (SSSR count). The van der Waals surface area contributed by atoms with Crippen LogP contribution in [-0.2, 0) is 17.8 Å². The second-order valence-corrected chi connectivity index (χ2v) is 7.27. The first-order chi connectivity index (χ1) is 12.1. The van der Waals surface area contributed by atoms with Gasteiger partial charge in [0.1, 0.15) is 0 Å². The third-order valence-corrected chi connectivity index (χ3v) is 5.35. The minimum absolute atomic E-state index is 0.0366. The van der Waals surface area contributed by atoms with E-state index in [0.29, 0.717) is 29.4 Å². The lowest BCUT2D eigenvalue weighted by Gasteiger charge is -2.08. The highest BCUT2D eigenvalue weighted by Gasteiger charge is 2.09. The third kappa shape index (κ3) is 4.82. The predicted octanol–water partition coefficient (Wildman–Crippen LogP) is 5.37. The number of amides is 1. The summed E-state index contributed by atoms with van der Waals surface area (Å²) < 4.78 is 0. The molecule has 3 aromatic rings. The Balaban J connectivity index is 1.55. The summed E-state index contributed by atoms with van der Waals surface area (Å²) in [6.45, 7) is 0.468. The van der Waals surface area contributed by atoms with E-state index in [1.165, 1.54) is 0 Å². The quantitative estimate of drug-likeness (QED) is 0.614. The number of benzene rings is 1. The summed E-state index contributed by atoms with van der Waals surface area (Å²) in [6.07, 6.45) is 2.62. The average Bonchev–Trinajstić information content (AvgIpc) is 3.14. The molecule has 3 nitrogen and oxygen atoms in total. The summed E-state index contributed by atoms with van der Waals surface area (Å²) in [4.78, 5) is 17.6. The second-order valence-electron chi connectivity index (χ2n) is 5.50. The fourth-order valence-corrected chi connectivity index (χ4v) is 3.72. The van der Waals surface area contributed by atoms with Crippen molar-refractivity contribution >= 4 is 40.4 Å². The first kappa shape index (κ1) is 17.9. The van der Waals surface area contributed by atoms with Crippen molar-refractivity contribution in [2.24, 2.45) is 0 Å².